The summed E-state index contributed by atoms with van der Waals surface area (Å²) >= 11 is 5.81. The minimum Gasteiger partial charge on any atom is -0.494 e. The van der Waals surface area contributed by atoms with Gasteiger partial charge in [0.15, 0.2) is 0 Å². The second-order valence-electron chi connectivity index (χ2n) is 5.19. The molecule has 0 N–H and O–H groups in total. The van der Waals surface area contributed by atoms with Crippen molar-refractivity contribution in [2.24, 2.45) is 5.92 Å². The Kier molecular flexibility index (Phi) is 5.72. The van der Waals surface area contributed by atoms with Crippen LogP contribution >= 0.6 is 11.6 Å². The van der Waals surface area contributed by atoms with Gasteiger partial charge >= 0.3 is 0 Å². The van der Waals surface area contributed by atoms with Crippen LogP contribution in [0.25, 0.3) is 0 Å². The van der Waals surface area contributed by atoms with Crippen molar-refractivity contribution in [1.82, 2.24) is 4.90 Å². The normalized spacial score (nSPS) is 18.9. The highest BCUT2D eigenvalue weighted by molar-refractivity contribution is 6.17. The zero-order valence-corrected chi connectivity index (χ0v) is 12.7. The number of ether oxygens (including phenoxy) is 1. The van der Waals surface area contributed by atoms with Crippen molar-refractivity contribution in [2.75, 3.05) is 25.6 Å². The van der Waals surface area contributed by atoms with Crippen LogP contribution in [0.1, 0.15) is 36.5 Å². The van der Waals surface area contributed by atoms with E-state index < -0.39 is 0 Å². The predicted octanol–water partition coefficient (Wildman–Crippen LogP) is 3.57. The number of nitrogens with zero attached hydrogens (tertiary/aromatic N) is 1. The molecule has 1 saturated heterocycles. The Morgan fingerprint density at radius 1 is 1.40 bits per heavy atom. The second-order valence-corrected chi connectivity index (χ2v) is 5.57. The zero-order valence-electron chi connectivity index (χ0n) is 12.0. The van der Waals surface area contributed by atoms with E-state index in [1.807, 2.05) is 36.1 Å². The lowest BCUT2D eigenvalue weighted by molar-refractivity contribution is 0.0671. The largest absolute Gasteiger partial charge is 0.494 e. The van der Waals surface area contributed by atoms with Gasteiger partial charge in [-0.05, 0) is 56.4 Å². The molecule has 1 unspecified atom stereocenters. The minimum atomic E-state index is 0.118. The topological polar surface area (TPSA) is 29.5 Å². The van der Waals surface area contributed by atoms with E-state index in [9.17, 15) is 4.79 Å². The number of carbonyl (C=O) groups excluding carboxylic acids is 1. The summed E-state index contributed by atoms with van der Waals surface area (Å²) in [6.07, 6.45) is 3.25. The standard InChI is InChI=1S/C16H22ClNO2/c1-2-20-15-7-5-14(6-8-15)16(19)18-11-3-4-13(12-18)9-10-17/h5-8,13H,2-4,9-12H2,1H3. The Morgan fingerprint density at radius 2 is 2.15 bits per heavy atom. The average molecular weight is 296 g/mol. The number of amides is 1. The maximum atomic E-state index is 12.5. The summed E-state index contributed by atoms with van der Waals surface area (Å²) in [4.78, 5) is 14.4. The summed E-state index contributed by atoms with van der Waals surface area (Å²) in [5.74, 6) is 2.15. The lowest BCUT2D eigenvalue weighted by Crippen LogP contribution is -2.40. The molecule has 0 radical (unpaired) electrons. The number of rotatable bonds is 5. The molecule has 4 heteroatoms. The maximum absolute atomic E-state index is 12.5. The van der Waals surface area contributed by atoms with Crippen LogP contribution in [0.3, 0.4) is 0 Å². The monoisotopic (exact) mass is 295 g/mol. The Morgan fingerprint density at radius 3 is 2.80 bits per heavy atom. The van der Waals surface area contributed by atoms with Crippen LogP contribution in [0, 0.1) is 5.92 Å². The first-order valence-corrected chi connectivity index (χ1v) is 7.86. The summed E-state index contributed by atoms with van der Waals surface area (Å²) in [5.41, 5.74) is 0.736. The molecule has 1 atom stereocenters. The van der Waals surface area contributed by atoms with Gasteiger partial charge in [-0.1, -0.05) is 0 Å². The number of alkyl halides is 1. The molecular formula is C16H22ClNO2. The van der Waals surface area contributed by atoms with E-state index in [1.54, 1.807) is 0 Å². The van der Waals surface area contributed by atoms with E-state index in [0.29, 0.717) is 18.4 Å². The summed E-state index contributed by atoms with van der Waals surface area (Å²) in [5, 5.41) is 0. The van der Waals surface area contributed by atoms with Crippen molar-refractivity contribution in [3.63, 3.8) is 0 Å². The number of halogens is 1. The van der Waals surface area contributed by atoms with E-state index in [2.05, 4.69) is 0 Å². The molecule has 1 aromatic rings. The summed E-state index contributed by atoms with van der Waals surface area (Å²) in [6.45, 7) is 4.27. The molecule has 1 aliphatic heterocycles. The van der Waals surface area contributed by atoms with Gasteiger partial charge in [-0.25, -0.2) is 0 Å². The third-order valence-electron chi connectivity index (χ3n) is 3.74. The van der Waals surface area contributed by atoms with E-state index >= 15 is 0 Å². The second kappa shape index (κ2) is 7.53. The Hall–Kier alpha value is -1.22. The molecule has 20 heavy (non-hydrogen) atoms. The van der Waals surface area contributed by atoms with Crippen LogP contribution in [0.5, 0.6) is 5.75 Å². The molecule has 0 aliphatic carbocycles. The van der Waals surface area contributed by atoms with Crippen molar-refractivity contribution in [3.8, 4) is 5.75 Å². The average Bonchev–Trinajstić information content (AvgIpc) is 2.48. The van der Waals surface area contributed by atoms with Crippen molar-refractivity contribution in [3.05, 3.63) is 29.8 Å². The molecule has 110 valence electrons. The van der Waals surface area contributed by atoms with Gasteiger partial charge in [-0.2, -0.15) is 0 Å². The van der Waals surface area contributed by atoms with Crippen molar-refractivity contribution in [2.45, 2.75) is 26.2 Å². The number of piperidine rings is 1. The SMILES string of the molecule is CCOc1ccc(C(=O)N2CCCC(CCCl)C2)cc1. The molecule has 0 aromatic heterocycles. The molecule has 3 nitrogen and oxygen atoms in total. The van der Waals surface area contributed by atoms with Crippen LogP contribution in [-0.2, 0) is 0 Å². The van der Waals surface area contributed by atoms with Gasteiger partial charge in [0.05, 0.1) is 6.61 Å². The van der Waals surface area contributed by atoms with Gasteiger partial charge in [0.2, 0.25) is 0 Å². The lowest BCUT2D eigenvalue weighted by Gasteiger charge is -2.32. The van der Waals surface area contributed by atoms with Gasteiger partial charge in [0.25, 0.3) is 5.91 Å². The van der Waals surface area contributed by atoms with Crippen LogP contribution in [0.15, 0.2) is 24.3 Å². The van der Waals surface area contributed by atoms with Crippen LogP contribution in [-0.4, -0.2) is 36.4 Å². The van der Waals surface area contributed by atoms with Crippen LogP contribution < -0.4 is 4.74 Å². The first kappa shape index (κ1) is 15.2. The van der Waals surface area contributed by atoms with E-state index in [1.165, 1.54) is 6.42 Å². The maximum Gasteiger partial charge on any atom is 0.253 e. The summed E-state index contributed by atoms with van der Waals surface area (Å²) < 4.78 is 5.40. The fourth-order valence-electron chi connectivity index (χ4n) is 2.68. The molecule has 1 amide bonds. The molecule has 2 rings (SSSR count). The van der Waals surface area contributed by atoms with Gasteiger partial charge in [-0.15, -0.1) is 11.6 Å². The van der Waals surface area contributed by atoms with Gasteiger partial charge < -0.3 is 9.64 Å². The van der Waals surface area contributed by atoms with E-state index in [4.69, 9.17) is 16.3 Å². The number of benzene rings is 1. The fourth-order valence-corrected chi connectivity index (χ4v) is 2.99. The fraction of sp³-hybridized carbons (Fsp3) is 0.562. The number of likely N-dealkylation sites (tertiary alicyclic amines) is 1. The highest BCUT2D eigenvalue weighted by Crippen LogP contribution is 2.22. The Balaban J connectivity index is 1.99. The highest BCUT2D eigenvalue weighted by atomic mass is 35.5. The highest BCUT2D eigenvalue weighted by Gasteiger charge is 2.24. The molecule has 1 aromatic carbocycles. The van der Waals surface area contributed by atoms with E-state index in [0.717, 1.165) is 37.2 Å². The van der Waals surface area contributed by atoms with Crippen LogP contribution in [0.4, 0.5) is 0 Å². The Labute approximate surface area is 125 Å². The summed E-state index contributed by atoms with van der Waals surface area (Å²) in [6, 6.07) is 7.41. The third kappa shape index (κ3) is 3.89. The molecule has 1 heterocycles. The lowest BCUT2D eigenvalue weighted by atomic mass is 9.95. The smallest absolute Gasteiger partial charge is 0.253 e. The minimum absolute atomic E-state index is 0.118. The molecule has 0 spiro atoms. The molecule has 1 fully saturated rings. The van der Waals surface area contributed by atoms with Gasteiger partial charge in [0.1, 0.15) is 5.75 Å². The van der Waals surface area contributed by atoms with Gasteiger partial charge in [-0.3, -0.25) is 4.79 Å². The number of hydrogen-bond acceptors (Lipinski definition) is 2. The zero-order chi connectivity index (χ0) is 14.4. The number of hydrogen-bond donors (Lipinski definition) is 0. The summed E-state index contributed by atoms with van der Waals surface area (Å²) in [7, 11) is 0. The quantitative estimate of drug-likeness (QED) is 0.777. The Bertz CT molecular complexity index is 431. The molecular weight excluding hydrogens is 274 g/mol. The first-order valence-electron chi connectivity index (χ1n) is 7.32. The van der Waals surface area contributed by atoms with E-state index in [-0.39, 0.29) is 5.91 Å². The number of carbonyl (C=O) groups is 1. The molecule has 0 bridgehead atoms. The molecule has 0 saturated carbocycles. The predicted molar refractivity (Wildman–Crippen MR) is 81.6 cm³/mol. The first-order chi connectivity index (χ1) is 9.74. The van der Waals surface area contributed by atoms with Crippen molar-refractivity contribution < 1.29 is 9.53 Å². The van der Waals surface area contributed by atoms with Crippen molar-refractivity contribution in [1.29, 1.82) is 0 Å². The molecule has 1 aliphatic rings. The van der Waals surface area contributed by atoms with Gasteiger partial charge in [0, 0.05) is 24.5 Å². The van der Waals surface area contributed by atoms with Crippen LogP contribution in [0.2, 0.25) is 0 Å². The van der Waals surface area contributed by atoms with Crippen molar-refractivity contribution >= 4 is 17.5 Å². The third-order valence-corrected chi connectivity index (χ3v) is 3.95.